The van der Waals surface area contributed by atoms with E-state index in [-0.39, 0.29) is 146 Å². The van der Waals surface area contributed by atoms with Crippen LogP contribution in [-0.4, -0.2) is 115 Å². The Morgan fingerprint density at radius 3 is 1.17 bits per heavy atom. The molecule has 0 amide bonds. The molecule has 0 saturated heterocycles. The number of carboxylic acids is 1. The van der Waals surface area contributed by atoms with Crippen LogP contribution in [0.15, 0.2) is 158 Å². The predicted octanol–water partition coefficient (Wildman–Crippen LogP) is 14.6. The van der Waals surface area contributed by atoms with Gasteiger partial charge in [-0.2, -0.15) is 15.3 Å². The maximum Gasteiger partial charge on any atom is 1.00 e. The molecule has 3 aliphatic rings. The molecule has 18 nitrogen and oxygen atoms in total. The van der Waals surface area contributed by atoms with Crippen molar-refractivity contribution in [2.45, 2.75) is 120 Å². The number of aromatic carboxylic acids is 1. The Labute approximate surface area is 662 Å². The third kappa shape index (κ3) is 17.0. The summed E-state index contributed by atoms with van der Waals surface area (Å²) in [4.78, 5) is 38.4. The molecule has 15 rings (SSSR count). The zero-order chi connectivity index (χ0) is 73.8. The van der Waals surface area contributed by atoms with Gasteiger partial charge in [0.2, 0.25) is 0 Å². The Morgan fingerprint density at radius 1 is 0.528 bits per heavy atom. The molecule has 3 aliphatic carbocycles. The Hall–Kier alpha value is -7.16. The smallest absolute Gasteiger partial charge is 0.545 e. The molecule has 4 N–H and O–H groups in total. The summed E-state index contributed by atoms with van der Waals surface area (Å²) in [5.74, 6) is -6.53. The van der Waals surface area contributed by atoms with Crippen LogP contribution in [0.3, 0.4) is 0 Å². The van der Waals surface area contributed by atoms with Gasteiger partial charge in [-0.05, 0) is 119 Å². The van der Waals surface area contributed by atoms with Crippen molar-refractivity contribution in [3.63, 3.8) is 0 Å². The van der Waals surface area contributed by atoms with Gasteiger partial charge < -0.3 is 48.4 Å². The van der Waals surface area contributed by atoms with E-state index in [1.54, 1.807) is 112 Å². The molecule has 0 bridgehead atoms. The third-order valence-corrected chi connectivity index (χ3v) is 21.6. The number of aromatic nitrogens is 9. The van der Waals surface area contributed by atoms with Gasteiger partial charge in [0.15, 0.2) is 29.1 Å². The number of nitrogens with zero attached hydrogens (tertiary/aromatic N) is 8. The number of alkyl halides is 1. The molecule has 106 heavy (non-hydrogen) atoms. The number of carbonyl (C=O) groups is 3. The average Bonchev–Trinajstić information content (AvgIpc) is 1.58. The summed E-state index contributed by atoms with van der Waals surface area (Å²) in [7, 11) is 0. The summed E-state index contributed by atoms with van der Waals surface area (Å²) in [6.45, 7) is 4.25. The molecule has 6 heterocycles. The molecule has 3 fully saturated rings. The fraction of sp³-hybridized carbons (Fsp3) is 0.270. The normalized spacial score (nSPS) is 13.1. The van der Waals surface area contributed by atoms with Gasteiger partial charge in [0, 0.05) is 110 Å². The van der Waals surface area contributed by atoms with Gasteiger partial charge in [-0.1, -0.05) is 118 Å². The van der Waals surface area contributed by atoms with Crippen molar-refractivity contribution in [1.29, 1.82) is 0 Å². The number of esters is 2. The summed E-state index contributed by atoms with van der Waals surface area (Å²) in [6.07, 6.45) is 15.4. The van der Waals surface area contributed by atoms with E-state index in [4.69, 9.17) is 49.4 Å². The Bertz CT molecular complexity index is 5220. The van der Waals surface area contributed by atoms with Crippen molar-refractivity contribution in [2.75, 3.05) is 38.4 Å². The second-order valence-corrected chi connectivity index (χ2v) is 29.0. The van der Waals surface area contributed by atoms with Crippen molar-refractivity contribution < 1.29 is 100 Å². The Kier molecular flexibility index (Phi) is 27.6. The van der Waals surface area contributed by atoms with Crippen molar-refractivity contribution in [1.82, 2.24) is 43.5 Å². The molecule has 6 aromatic carbocycles. The summed E-state index contributed by atoms with van der Waals surface area (Å²) in [6, 6.07) is 22.9. The van der Waals surface area contributed by atoms with Crippen LogP contribution < -0.4 is 34.7 Å². The zero-order valence-corrected chi connectivity index (χ0v) is 64.4. The number of H-pyrrole nitrogens is 1. The first-order chi connectivity index (χ1) is 50.3. The molecule has 0 atom stereocenters. The largest absolute Gasteiger partial charge is 1.00 e. The minimum absolute atomic E-state index is 0. The zero-order valence-electron chi connectivity index (χ0n) is 56.1. The number of benzene rings is 6. The second kappa shape index (κ2) is 35.9. The van der Waals surface area contributed by atoms with Gasteiger partial charge >= 0.3 is 41.5 Å². The molecule has 12 aromatic rings. The van der Waals surface area contributed by atoms with Gasteiger partial charge in [0.1, 0.15) is 5.82 Å². The van der Waals surface area contributed by atoms with Crippen molar-refractivity contribution in [3.8, 4) is 17.1 Å². The van der Waals surface area contributed by atoms with Crippen LogP contribution in [0.4, 0.5) is 26.3 Å². The number of aliphatic hydroxyl groups is 3. The predicted molar refractivity (Wildman–Crippen MR) is 394 cm³/mol. The maximum absolute atomic E-state index is 15.5. The topological polar surface area (TPSA) is 233 Å². The first kappa shape index (κ1) is 81.4. The van der Waals surface area contributed by atoms with Crippen molar-refractivity contribution in [2.24, 2.45) is 0 Å². The van der Waals surface area contributed by atoms with Crippen LogP contribution >= 0.6 is 86.0 Å². The number of ether oxygens (including phenoxy) is 2. The first-order valence-corrected chi connectivity index (χ1v) is 37.4. The summed E-state index contributed by atoms with van der Waals surface area (Å²) >= 11 is 24.8. The van der Waals surface area contributed by atoms with E-state index >= 15 is 22.0 Å². The third-order valence-electron chi connectivity index (χ3n) is 16.9. The number of fused-ring (bicyclic) bond motifs is 3. The number of carbonyl (C=O) groups excluding carboxylic acids is 3. The molecule has 0 radical (unpaired) electrons. The van der Waals surface area contributed by atoms with Crippen LogP contribution in [0.5, 0.6) is 0 Å². The van der Waals surface area contributed by atoms with Gasteiger partial charge in [0.25, 0.3) is 0 Å². The maximum atomic E-state index is 15.5. The summed E-state index contributed by atoms with van der Waals surface area (Å²) in [5, 5.41) is 55.3. The van der Waals surface area contributed by atoms with Crippen LogP contribution in [0.25, 0.3) is 49.8 Å². The van der Waals surface area contributed by atoms with Crippen LogP contribution in [0.2, 0.25) is 15.1 Å². The van der Waals surface area contributed by atoms with Crippen molar-refractivity contribution >= 4 is 137 Å². The molecule has 0 unspecified atom stereocenters. The minimum Gasteiger partial charge on any atom is -0.545 e. The Morgan fingerprint density at radius 2 is 0.868 bits per heavy atom. The van der Waals surface area contributed by atoms with E-state index in [1.165, 1.54) is 54.2 Å². The van der Waals surface area contributed by atoms with Crippen LogP contribution in [-0.2, 0) is 22.6 Å². The van der Waals surface area contributed by atoms with Gasteiger partial charge in [-0.25, -0.2) is 35.9 Å². The quantitative estimate of drug-likeness (QED) is 0.0214. The van der Waals surface area contributed by atoms with E-state index in [0.29, 0.717) is 60.4 Å². The van der Waals surface area contributed by atoms with E-state index in [9.17, 15) is 34.1 Å². The first-order valence-electron chi connectivity index (χ1n) is 32.7. The molecule has 550 valence electrons. The van der Waals surface area contributed by atoms with E-state index in [0.717, 1.165) is 90.1 Å². The van der Waals surface area contributed by atoms with Gasteiger partial charge in [-0.3, -0.25) is 14.5 Å². The number of aliphatic hydroxyl groups excluding tert-OH is 3. The molecular weight excluding hydrogens is 1580 g/mol. The van der Waals surface area contributed by atoms with Crippen molar-refractivity contribution in [3.05, 3.63) is 212 Å². The number of hydrogen-bond donors (Lipinski definition) is 4. The fourth-order valence-corrected chi connectivity index (χ4v) is 16.0. The number of carboxylic acid groups (broad SMARTS) is 1. The van der Waals surface area contributed by atoms with E-state index in [1.807, 2.05) is 4.57 Å². The minimum atomic E-state index is -1.60. The molecule has 32 heteroatoms. The molecule has 0 spiro atoms. The van der Waals surface area contributed by atoms with Crippen LogP contribution in [0, 0.1) is 34.9 Å². The van der Waals surface area contributed by atoms with E-state index in [2.05, 4.69) is 36.3 Å². The molecular formula is C74H66BrCl3F6N9NaO9S3. The van der Waals surface area contributed by atoms with Gasteiger partial charge in [0.05, 0.1) is 130 Å². The van der Waals surface area contributed by atoms with Crippen LogP contribution in [0.1, 0.15) is 126 Å². The molecule has 6 aromatic heterocycles. The second-order valence-electron chi connectivity index (χ2n) is 23.9. The SMILES string of the molecule is C.CCOC(=O)c1cccc(Sc2c(C3CC3)n(-c3cn[nH]c3)c3c(F)c(Cl)ccc23)c1F.CCOC(=O)c1cccc(Sc2c(C3CC3)n(-c3cnn(CCO)c3)c3c(F)c(Cl)ccc23)c1F.O=C([O-])c1cccc(Sc2c(C3CC3)n(-c3cnn(CCO)c3)c3c(F)c(Cl)ccc23)c1F.OCCBr.[Na+]. The molecule has 0 aliphatic heterocycles. The summed E-state index contributed by atoms with van der Waals surface area (Å²) in [5.41, 5.74) is 4.45. The van der Waals surface area contributed by atoms with Gasteiger partial charge in [-0.15, -0.1) is 0 Å². The Balaban J connectivity index is 0.000000164. The summed E-state index contributed by atoms with van der Waals surface area (Å²) < 4.78 is 110. The number of halogens is 10. The van der Waals surface area contributed by atoms with E-state index < -0.39 is 58.4 Å². The monoisotopic (exact) mass is 1640 g/mol. The average molecular weight is 1640 g/mol. The number of aromatic amines is 1. The molecule has 3 saturated carbocycles. The fourth-order valence-electron chi connectivity index (χ4n) is 11.9. The standard InChI is InChI=1S/C25H22ClF2N3O3S.C23H18ClF2N3O3S.C23H18ClF2N3O2S.C2H5BrO.CH4.Na/c1-2-34-25(33)16-4-3-5-19(20(16)27)35-24-17-8-9-18(26)21(28)23(17)31(22(24)14-6-7-14)15-12-29-30(13-15)10-11-32;24-16-7-6-15-21(19(16)26)29(13-10-27-28(11-13)8-9-30)20(12-4-5-12)22(15)33-17-3-1-2-14(18(17)25)23(31)32;1-2-31-23(30)14-4-3-5-17(18(14)25)32-22-15-8-9-16(24)19(26)21(15)29(13-10-27-28-11-13)20(22)12-6-7-12;3-1-2-4;;/h3-5,8-9,12-14,32H,2,6-7,10-11H2,1H3;1-3,6-7,10-12,30H,4-5,8-9H2,(H,31,32);3-5,8-12H,2,6-7H2,1H3,(H,27,28);4H,1-2H2;1H4;/q;;;;;+1/p-1. The number of hydrogen-bond acceptors (Lipinski definition) is 15. The number of rotatable bonds is 22. The number of nitrogens with one attached hydrogen (secondary N) is 1.